The number of phosphoric acid groups is 1. The second kappa shape index (κ2) is 9.47. The summed E-state index contributed by atoms with van der Waals surface area (Å²) in [5, 5.41) is 0. The van der Waals surface area contributed by atoms with Crippen LogP contribution in [0.25, 0.3) is 0 Å². The molecule has 0 amide bonds. The van der Waals surface area contributed by atoms with Gasteiger partial charge in [0, 0.05) is 0 Å². The summed E-state index contributed by atoms with van der Waals surface area (Å²) in [6.07, 6.45) is 0. The molecule has 8 heteroatoms. The second-order valence-electron chi connectivity index (χ2n) is 0.447. The number of hydrogen-bond acceptors (Lipinski definition) is 5. The fraction of sp³-hybridized carbons (Fsp3) is 0. The van der Waals surface area contributed by atoms with Crippen molar-refractivity contribution < 1.29 is 70.6 Å². The van der Waals surface area contributed by atoms with Gasteiger partial charge < -0.3 is 25.4 Å². The van der Waals surface area contributed by atoms with E-state index in [0.29, 0.717) is 0 Å². The Morgan fingerprint density at radius 3 is 1.12 bits per heavy atom. The predicted octanol–water partition coefficient (Wildman–Crippen LogP) is -6.04. The third kappa shape index (κ3) is 77.4. The van der Waals surface area contributed by atoms with E-state index >= 15 is 0 Å². The minimum atomic E-state index is -5.39. The Morgan fingerprint density at radius 2 is 1.12 bits per heavy atom. The van der Waals surface area contributed by atoms with Crippen molar-refractivity contribution in [1.29, 1.82) is 0 Å². The van der Waals surface area contributed by atoms with Gasteiger partial charge in [-0.1, -0.05) is 0 Å². The zero-order chi connectivity index (χ0) is 4.50. The van der Waals surface area contributed by atoms with Gasteiger partial charge in [-0.3, -0.25) is 0 Å². The van der Waals surface area contributed by atoms with Gasteiger partial charge in [0.2, 0.25) is 0 Å². The molecule has 0 aliphatic rings. The summed E-state index contributed by atoms with van der Waals surface area (Å²) in [7, 11) is -5.39. The zero-order valence-electron chi connectivity index (χ0n) is 4.49. The minimum Gasteiger partial charge on any atom is -0.822 e. The molecule has 3 N–H and O–H groups in total. The first-order valence-electron chi connectivity index (χ1n) is 0.730. The third-order valence-electron chi connectivity index (χ3n) is 0. The fourth-order valence-electron chi connectivity index (χ4n) is 0. The van der Waals surface area contributed by atoms with Gasteiger partial charge in [-0.2, -0.15) is 7.82 Å². The van der Waals surface area contributed by atoms with Crippen LogP contribution in [0.15, 0.2) is 0 Å². The first-order chi connectivity index (χ1) is 2.00. The number of hydrogen-bond donors (Lipinski definition) is 1. The molecular weight excluding hydrogens is 172 g/mol. The molecule has 0 atom stereocenters. The van der Waals surface area contributed by atoms with E-state index in [2.05, 4.69) is 0 Å². The van der Waals surface area contributed by atoms with Crippen molar-refractivity contribution in [2.45, 2.75) is 0 Å². The molecule has 0 fully saturated rings. The molecule has 5 nitrogen and oxygen atoms in total. The van der Waals surface area contributed by atoms with E-state index in [9.17, 15) is 0 Å². The van der Waals surface area contributed by atoms with Crippen LogP contribution in [0.4, 0.5) is 0 Å². The van der Waals surface area contributed by atoms with E-state index < -0.39 is 7.82 Å². The van der Waals surface area contributed by atoms with Crippen LogP contribution in [-0.2, 0) is 4.57 Å². The molecule has 0 aliphatic carbocycles. The van der Waals surface area contributed by atoms with Crippen LogP contribution in [0.3, 0.4) is 0 Å². The number of rotatable bonds is 0. The average Bonchev–Trinajstić information content (AvgIpc) is 0.722. The normalized spacial score (nSPS) is 7.38. The van der Waals surface area contributed by atoms with Gasteiger partial charge in [0.1, 0.15) is 0 Å². The standard InChI is InChI=1S/K.Mg.H3N.H3O4P/c;;;1-5(2,3)4/h;;1H3;(H3,1,2,3,4)/q+1;+2;;/p-3. The van der Waals surface area contributed by atoms with E-state index in [1.807, 2.05) is 0 Å². The Balaban J connectivity index is -0.0000000267. The van der Waals surface area contributed by atoms with Crippen LogP contribution in [0, 0.1) is 0 Å². The van der Waals surface area contributed by atoms with Crippen molar-refractivity contribution >= 4 is 30.9 Å². The maximum Gasteiger partial charge on any atom is 2.00 e. The molecule has 40 valence electrons. The van der Waals surface area contributed by atoms with Gasteiger partial charge in [-0.25, -0.2) is 0 Å². The average molecular weight is 175 g/mol. The SMILES string of the molecule is N.O=P([O-])([O-])[O-].[K+].[Mg+2]. The summed E-state index contributed by atoms with van der Waals surface area (Å²) in [6, 6.07) is 0. The van der Waals surface area contributed by atoms with Gasteiger partial charge in [0.05, 0.1) is 0 Å². The van der Waals surface area contributed by atoms with Crippen molar-refractivity contribution in [2.24, 2.45) is 0 Å². The molecule has 0 aromatic carbocycles. The Kier molecular flexibility index (Phi) is 26.6. The van der Waals surface area contributed by atoms with Gasteiger partial charge >= 0.3 is 74.4 Å². The fourth-order valence-corrected chi connectivity index (χ4v) is 0. The summed E-state index contributed by atoms with van der Waals surface area (Å²) in [5.74, 6) is 0. The van der Waals surface area contributed by atoms with Gasteiger partial charge in [0.25, 0.3) is 0 Å². The summed E-state index contributed by atoms with van der Waals surface area (Å²) in [6.45, 7) is 0. The quantitative estimate of drug-likeness (QED) is 0.290. The molecule has 0 saturated heterocycles. The Bertz CT molecular complexity index is 62.2. The van der Waals surface area contributed by atoms with Crippen LogP contribution >= 0.6 is 7.82 Å². The Labute approximate surface area is 106 Å². The van der Waals surface area contributed by atoms with Crippen molar-refractivity contribution in [3.63, 3.8) is 0 Å². The van der Waals surface area contributed by atoms with Crippen molar-refractivity contribution in [3.05, 3.63) is 0 Å². The van der Waals surface area contributed by atoms with Crippen molar-refractivity contribution in [2.75, 3.05) is 0 Å². The van der Waals surface area contributed by atoms with Crippen molar-refractivity contribution in [1.82, 2.24) is 6.15 Å². The molecule has 0 spiro atoms. The molecule has 0 unspecified atom stereocenters. The summed E-state index contributed by atoms with van der Waals surface area (Å²) < 4.78 is 8.55. The van der Waals surface area contributed by atoms with Crippen LogP contribution in [0.2, 0.25) is 0 Å². The monoisotopic (exact) mass is 175 g/mol. The molecule has 0 heterocycles. The van der Waals surface area contributed by atoms with Crippen LogP contribution in [0.1, 0.15) is 0 Å². The Hall–Kier alpha value is 2.47. The van der Waals surface area contributed by atoms with Gasteiger partial charge in [0.15, 0.2) is 0 Å². The maximum absolute atomic E-state index is 8.55. The molecular formula is H3KMgNO4P. The summed E-state index contributed by atoms with van der Waals surface area (Å²) in [4.78, 5) is 25.6. The zero-order valence-corrected chi connectivity index (χ0v) is 9.93. The van der Waals surface area contributed by atoms with E-state index in [1.165, 1.54) is 0 Å². The predicted molar refractivity (Wildman–Crippen MR) is 18.4 cm³/mol. The second-order valence-corrected chi connectivity index (χ2v) is 1.34. The van der Waals surface area contributed by atoms with E-state index in [0.717, 1.165) is 0 Å². The van der Waals surface area contributed by atoms with E-state index in [-0.39, 0.29) is 80.6 Å². The van der Waals surface area contributed by atoms with Gasteiger partial charge in [-0.15, -0.1) is 0 Å². The first-order valence-corrected chi connectivity index (χ1v) is 2.19. The molecule has 0 aromatic rings. The van der Waals surface area contributed by atoms with Crippen LogP contribution in [-0.4, -0.2) is 23.1 Å². The molecule has 8 heavy (non-hydrogen) atoms. The molecule has 0 bridgehead atoms. The smallest absolute Gasteiger partial charge is 0.822 e. The molecule has 0 aliphatic heterocycles. The molecule has 0 saturated carbocycles. The maximum atomic E-state index is 8.55. The third-order valence-corrected chi connectivity index (χ3v) is 0. The van der Waals surface area contributed by atoms with Crippen LogP contribution in [0.5, 0.6) is 0 Å². The largest absolute Gasteiger partial charge is 2.00 e. The van der Waals surface area contributed by atoms with Crippen LogP contribution < -0.4 is 72.2 Å². The Morgan fingerprint density at radius 1 is 1.12 bits per heavy atom. The topological polar surface area (TPSA) is 121 Å². The summed E-state index contributed by atoms with van der Waals surface area (Å²) >= 11 is 0. The minimum absolute atomic E-state index is 0. The first kappa shape index (κ1) is 22.4. The molecule has 0 radical (unpaired) electrons. The molecule has 0 rings (SSSR count). The van der Waals surface area contributed by atoms with Crippen molar-refractivity contribution in [3.8, 4) is 0 Å². The molecule has 0 aromatic heterocycles. The van der Waals surface area contributed by atoms with E-state index in [4.69, 9.17) is 19.2 Å². The van der Waals surface area contributed by atoms with Gasteiger partial charge in [-0.05, 0) is 0 Å². The van der Waals surface area contributed by atoms with E-state index in [1.54, 1.807) is 0 Å². The summed E-state index contributed by atoms with van der Waals surface area (Å²) in [5.41, 5.74) is 0.